The molecular weight excluding hydrogens is 460 g/mol. The van der Waals surface area contributed by atoms with E-state index in [0.717, 1.165) is 18.8 Å². The minimum atomic E-state index is -3.41. The molecule has 1 aliphatic heterocycles. The first-order chi connectivity index (χ1) is 16.8. The van der Waals surface area contributed by atoms with Crippen LogP contribution in [0.3, 0.4) is 0 Å². The van der Waals surface area contributed by atoms with Gasteiger partial charge in [0.2, 0.25) is 5.95 Å². The summed E-state index contributed by atoms with van der Waals surface area (Å²) in [5.74, 6) is 1.08. The lowest BCUT2D eigenvalue weighted by Gasteiger charge is -2.29. The zero-order valence-electron chi connectivity index (χ0n) is 20.2. The van der Waals surface area contributed by atoms with Crippen LogP contribution in [-0.4, -0.2) is 54.3 Å². The Balaban J connectivity index is 1.38. The van der Waals surface area contributed by atoms with Gasteiger partial charge in [-0.3, -0.25) is 0 Å². The molecule has 2 aromatic heterocycles. The maximum Gasteiger partial charge on any atom is 0.247 e. The Morgan fingerprint density at radius 2 is 1.66 bits per heavy atom. The molecule has 35 heavy (non-hydrogen) atoms. The molecule has 2 aromatic carbocycles. The second kappa shape index (κ2) is 9.31. The minimum absolute atomic E-state index is 0.282. The van der Waals surface area contributed by atoms with Crippen molar-refractivity contribution in [3.8, 4) is 0 Å². The number of nitrogens with zero attached hydrogens (tertiary/aromatic N) is 4. The molecule has 2 N–H and O–H groups in total. The molecule has 0 amide bonds. The molecule has 182 valence electrons. The van der Waals surface area contributed by atoms with Crippen LogP contribution in [0.2, 0.25) is 0 Å². The molecule has 9 heteroatoms. The predicted octanol–water partition coefficient (Wildman–Crippen LogP) is 4.74. The number of piperidine rings is 1. The van der Waals surface area contributed by atoms with Crippen molar-refractivity contribution in [1.29, 1.82) is 0 Å². The molecule has 0 saturated carbocycles. The third kappa shape index (κ3) is 5.01. The van der Waals surface area contributed by atoms with Gasteiger partial charge in [-0.1, -0.05) is 24.3 Å². The number of fused-ring (bicyclic) bond motifs is 1. The zero-order chi connectivity index (χ0) is 24.6. The maximum atomic E-state index is 12.4. The van der Waals surface area contributed by atoms with Crippen molar-refractivity contribution in [2.24, 2.45) is 0 Å². The average molecular weight is 491 g/mol. The Kier molecular flexibility index (Phi) is 6.21. The standard InChI is InChI=1S/C26H30N6O2S/c1-18-6-4-7-22(24(18)35(3,33)34)28-23-8-5-15-32-25(23)29-26(30-32)27-21-11-9-19(10-12-21)20-13-16-31(2)17-14-20/h4-12,15,20,28H,13-14,16-17H2,1-3H3,(H,27,30). The number of likely N-dealkylation sites (tertiary alicyclic amines) is 1. The molecule has 0 atom stereocenters. The van der Waals surface area contributed by atoms with Crippen LogP contribution in [0.15, 0.2) is 65.7 Å². The number of aryl methyl sites for hydroxylation is 1. The normalized spacial score (nSPS) is 15.4. The van der Waals surface area contributed by atoms with Gasteiger partial charge in [-0.05, 0) is 87.3 Å². The number of hydrogen-bond donors (Lipinski definition) is 2. The number of benzene rings is 2. The Hall–Kier alpha value is -3.43. The molecule has 1 saturated heterocycles. The SMILES string of the molecule is Cc1cccc(Nc2cccn3nc(Nc4ccc(C5CCN(C)CC5)cc4)nc23)c1S(C)(=O)=O. The van der Waals surface area contributed by atoms with Crippen molar-refractivity contribution in [3.05, 3.63) is 71.9 Å². The number of anilines is 4. The van der Waals surface area contributed by atoms with Gasteiger partial charge in [0.25, 0.3) is 0 Å². The van der Waals surface area contributed by atoms with Crippen LogP contribution in [0.4, 0.5) is 23.0 Å². The molecule has 0 aliphatic carbocycles. The van der Waals surface area contributed by atoms with E-state index in [0.29, 0.717) is 34.5 Å². The van der Waals surface area contributed by atoms with E-state index in [1.54, 1.807) is 23.6 Å². The van der Waals surface area contributed by atoms with Gasteiger partial charge in [0.1, 0.15) is 0 Å². The van der Waals surface area contributed by atoms with E-state index in [2.05, 4.69) is 56.9 Å². The lowest BCUT2D eigenvalue weighted by molar-refractivity contribution is 0.255. The van der Waals surface area contributed by atoms with Crippen molar-refractivity contribution >= 4 is 38.5 Å². The number of nitrogens with one attached hydrogen (secondary N) is 2. The van der Waals surface area contributed by atoms with Crippen molar-refractivity contribution in [1.82, 2.24) is 19.5 Å². The minimum Gasteiger partial charge on any atom is -0.351 e. The summed E-state index contributed by atoms with van der Waals surface area (Å²) in [5, 5.41) is 11.1. The molecule has 0 spiro atoms. The lowest BCUT2D eigenvalue weighted by atomic mass is 9.89. The summed E-state index contributed by atoms with van der Waals surface area (Å²) in [4.78, 5) is 7.32. The molecule has 0 unspecified atom stereocenters. The summed E-state index contributed by atoms with van der Waals surface area (Å²) in [5.41, 5.74) is 4.77. The first-order valence-corrected chi connectivity index (χ1v) is 13.6. The molecule has 0 bridgehead atoms. The number of pyridine rings is 1. The largest absolute Gasteiger partial charge is 0.351 e. The van der Waals surface area contributed by atoms with Crippen molar-refractivity contribution < 1.29 is 8.42 Å². The Morgan fingerprint density at radius 1 is 0.943 bits per heavy atom. The highest BCUT2D eigenvalue weighted by Crippen LogP contribution is 2.31. The smallest absolute Gasteiger partial charge is 0.247 e. The van der Waals surface area contributed by atoms with Crippen LogP contribution in [0.5, 0.6) is 0 Å². The summed E-state index contributed by atoms with van der Waals surface area (Å²) in [6.45, 7) is 4.07. The quantitative estimate of drug-likeness (QED) is 0.403. The number of sulfone groups is 1. The fourth-order valence-electron chi connectivity index (χ4n) is 4.75. The van der Waals surface area contributed by atoms with Gasteiger partial charge < -0.3 is 15.5 Å². The summed E-state index contributed by atoms with van der Waals surface area (Å²) < 4.78 is 26.5. The fourth-order valence-corrected chi connectivity index (χ4v) is 5.93. The highest BCUT2D eigenvalue weighted by Gasteiger charge is 2.19. The molecule has 0 radical (unpaired) electrons. The summed E-state index contributed by atoms with van der Waals surface area (Å²) >= 11 is 0. The molecular formula is C26H30N6O2S. The Labute approximate surface area is 205 Å². The van der Waals surface area contributed by atoms with E-state index in [1.165, 1.54) is 24.7 Å². The third-order valence-electron chi connectivity index (χ3n) is 6.57. The van der Waals surface area contributed by atoms with E-state index >= 15 is 0 Å². The second-order valence-electron chi connectivity index (χ2n) is 9.30. The molecule has 1 fully saturated rings. The molecule has 8 nitrogen and oxygen atoms in total. The van der Waals surface area contributed by atoms with E-state index in [1.807, 2.05) is 24.4 Å². The summed E-state index contributed by atoms with van der Waals surface area (Å²) in [6, 6.07) is 17.6. The summed E-state index contributed by atoms with van der Waals surface area (Å²) in [7, 11) is -1.23. The van der Waals surface area contributed by atoms with Crippen molar-refractivity contribution in [2.75, 3.05) is 37.0 Å². The monoisotopic (exact) mass is 490 g/mol. The van der Waals surface area contributed by atoms with Gasteiger partial charge in [0, 0.05) is 18.1 Å². The second-order valence-corrected chi connectivity index (χ2v) is 11.3. The van der Waals surface area contributed by atoms with Gasteiger partial charge >= 0.3 is 0 Å². The first kappa shape index (κ1) is 23.3. The topological polar surface area (TPSA) is 91.6 Å². The number of hydrogen-bond acceptors (Lipinski definition) is 7. The van der Waals surface area contributed by atoms with E-state index in [-0.39, 0.29) is 4.90 Å². The van der Waals surface area contributed by atoms with Crippen LogP contribution < -0.4 is 10.6 Å². The predicted molar refractivity (Wildman–Crippen MR) is 140 cm³/mol. The van der Waals surface area contributed by atoms with Gasteiger partial charge in [-0.2, -0.15) is 4.98 Å². The van der Waals surface area contributed by atoms with Crippen LogP contribution in [0.1, 0.15) is 29.9 Å². The average Bonchev–Trinajstić information content (AvgIpc) is 3.23. The fraction of sp³-hybridized carbons (Fsp3) is 0.308. The van der Waals surface area contributed by atoms with Crippen LogP contribution in [-0.2, 0) is 9.84 Å². The van der Waals surface area contributed by atoms with E-state index < -0.39 is 9.84 Å². The number of aromatic nitrogens is 3. The molecule has 4 aromatic rings. The van der Waals surface area contributed by atoms with Gasteiger partial charge in [-0.15, -0.1) is 5.10 Å². The van der Waals surface area contributed by atoms with Crippen LogP contribution in [0, 0.1) is 6.92 Å². The Morgan fingerprint density at radius 3 is 2.37 bits per heavy atom. The van der Waals surface area contributed by atoms with E-state index in [4.69, 9.17) is 0 Å². The van der Waals surface area contributed by atoms with Crippen molar-refractivity contribution in [3.63, 3.8) is 0 Å². The maximum absolute atomic E-state index is 12.4. The van der Waals surface area contributed by atoms with Gasteiger partial charge in [0.15, 0.2) is 15.5 Å². The molecule has 3 heterocycles. The highest BCUT2D eigenvalue weighted by atomic mass is 32.2. The molecule has 5 rings (SSSR count). The molecule has 1 aliphatic rings. The first-order valence-electron chi connectivity index (χ1n) is 11.8. The summed E-state index contributed by atoms with van der Waals surface area (Å²) in [6.07, 6.45) is 5.41. The van der Waals surface area contributed by atoms with Gasteiger partial charge in [0.05, 0.1) is 16.3 Å². The number of rotatable bonds is 6. The van der Waals surface area contributed by atoms with Gasteiger partial charge in [-0.25, -0.2) is 12.9 Å². The Bertz CT molecular complexity index is 1460. The lowest BCUT2D eigenvalue weighted by Crippen LogP contribution is -2.29. The van der Waals surface area contributed by atoms with Crippen LogP contribution >= 0.6 is 0 Å². The third-order valence-corrected chi connectivity index (χ3v) is 7.85. The highest BCUT2D eigenvalue weighted by molar-refractivity contribution is 7.91. The van der Waals surface area contributed by atoms with Crippen molar-refractivity contribution in [2.45, 2.75) is 30.6 Å². The van der Waals surface area contributed by atoms with E-state index in [9.17, 15) is 8.42 Å². The zero-order valence-corrected chi connectivity index (χ0v) is 21.0. The van der Waals surface area contributed by atoms with Crippen LogP contribution in [0.25, 0.3) is 5.65 Å².